The van der Waals surface area contributed by atoms with Gasteiger partial charge in [-0.15, -0.1) is 0 Å². The Bertz CT molecular complexity index is 138. The van der Waals surface area contributed by atoms with E-state index in [1.807, 2.05) is 6.92 Å². The molecule has 1 N–H and O–H groups in total. The number of hydrogen-bond donors (Lipinski definition) is 2. The molecule has 0 amide bonds. The zero-order valence-electron chi connectivity index (χ0n) is 7.73. The standard InChI is InChI=1S/C8H16O4S/c1-7(13)6-8(10)12-5-4-11-3-2-9/h7,9,13H,2-6H2,1H3. The van der Waals surface area contributed by atoms with E-state index < -0.39 is 0 Å². The van der Waals surface area contributed by atoms with Gasteiger partial charge in [-0.25, -0.2) is 0 Å². The molecule has 0 rings (SSSR count). The fraction of sp³-hybridized carbons (Fsp3) is 0.875. The molecule has 78 valence electrons. The third-order valence-electron chi connectivity index (χ3n) is 1.19. The molecule has 1 atom stereocenters. The number of carbonyl (C=O) groups excluding carboxylic acids is 1. The lowest BCUT2D eigenvalue weighted by Crippen LogP contribution is -2.14. The smallest absolute Gasteiger partial charge is 0.306 e. The van der Waals surface area contributed by atoms with E-state index in [2.05, 4.69) is 12.6 Å². The van der Waals surface area contributed by atoms with Gasteiger partial charge in [0.15, 0.2) is 0 Å². The summed E-state index contributed by atoms with van der Waals surface area (Å²) >= 11 is 4.05. The van der Waals surface area contributed by atoms with Crippen LogP contribution in [0.5, 0.6) is 0 Å². The molecule has 0 aromatic heterocycles. The normalized spacial score (nSPS) is 12.5. The van der Waals surface area contributed by atoms with Crippen LogP contribution in [0.25, 0.3) is 0 Å². The van der Waals surface area contributed by atoms with Crippen LogP contribution in [0.15, 0.2) is 0 Å². The predicted molar refractivity (Wildman–Crippen MR) is 51.9 cm³/mol. The Morgan fingerprint density at radius 1 is 1.46 bits per heavy atom. The van der Waals surface area contributed by atoms with Gasteiger partial charge in [-0.05, 0) is 0 Å². The molecule has 0 aliphatic carbocycles. The minimum Gasteiger partial charge on any atom is -0.463 e. The molecule has 0 aromatic carbocycles. The van der Waals surface area contributed by atoms with Crippen LogP contribution in [-0.2, 0) is 14.3 Å². The van der Waals surface area contributed by atoms with Crippen molar-refractivity contribution in [2.24, 2.45) is 0 Å². The topological polar surface area (TPSA) is 55.8 Å². The van der Waals surface area contributed by atoms with Gasteiger partial charge in [-0.1, -0.05) is 6.92 Å². The van der Waals surface area contributed by atoms with E-state index in [4.69, 9.17) is 14.6 Å². The number of thiol groups is 1. The zero-order chi connectivity index (χ0) is 10.1. The number of esters is 1. The first-order chi connectivity index (χ1) is 6.16. The van der Waals surface area contributed by atoms with E-state index >= 15 is 0 Å². The lowest BCUT2D eigenvalue weighted by Gasteiger charge is -2.06. The average molecular weight is 208 g/mol. The van der Waals surface area contributed by atoms with Crippen LogP contribution in [0.2, 0.25) is 0 Å². The first kappa shape index (κ1) is 12.7. The molecule has 0 aromatic rings. The van der Waals surface area contributed by atoms with Crippen molar-refractivity contribution in [3.63, 3.8) is 0 Å². The van der Waals surface area contributed by atoms with Crippen molar-refractivity contribution in [1.29, 1.82) is 0 Å². The Balaban J connectivity index is 3.17. The Kier molecular flexibility index (Phi) is 8.18. The molecule has 0 fully saturated rings. The highest BCUT2D eigenvalue weighted by molar-refractivity contribution is 7.80. The Morgan fingerprint density at radius 3 is 2.69 bits per heavy atom. The summed E-state index contributed by atoms with van der Waals surface area (Å²) in [6.45, 7) is 2.65. The quantitative estimate of drug-likeness (QED) is 0.358. The third kappa shape index (κ3) is 9.66. The van der Waals surface area contributed by atoms with E-state index in [1.54, 1.807) is 0 Å². The van der Waals surface area contributed by atoms with Crippen LogP contribution >= 0.6 is 12.6 Å². The van der Waals surface area contributed by atoms with Crippen molar-refractivity contribution in [3.05, 3.63) is 0 Å². The highest BCUT2D eigenvalue weighted by Gasteiger charge is 2.05. The maximum atomic E-state index is 10.9. The predicted octanol–water partition coefficient (Wildman–Crippen LogP) is 0.247. The van der Waals surface area contributed by atoms with Gasteiger partial charge in [-0.3, -0.25) is 4.79 Å². The van der Waals surface area contributed by atoms with Crippen molar-refractivity contribution in [2.75, 3.05) is 26.4 Å². The lowest BCUT2D eigenvalue weighted by molar-refractivity contribution is -0.145. The fourth-order valence-electron chi connectivity index (χ4n) is 0.681. The second-order valence-corrected chi connectivity index (χ2v) is 3.49. The molecule has 0 bridgehead atoms. The number of aliphatic hydroxyl groups is 1. The second-order valence-electron chi connectivity index (χ2n) is 2.61. The minimum atomic E-state index is -0.268. The molecule has 0 aliphatic heterocycles. The van der Waals surface area contributed by atoms with Gasteiger partial charge in [-0.2, -0.15) is 12.6 Å². The molecule has 0 aliphatic rings. The molecule has 4 nitrogen and oxygen atoms in total. The molecule has 13 heavy (non-hydrogen) atoms. The van der Waals surface area contributed by atoms with E-state index in [0.717, 1.165) is 0 Å². The van der Waals surface area contributed by atoms with Gasteiger partial charge in [0.05, 0.1) is 26.2 Å². The number of aliphatic hydroxyl groups excluding tert-OH is 1. The first-order valence-electron chi connectivity index (χ1n) is 4.19. The van der Waals surface area contributed by atoms with Gasteiger partial charge in [0.2, 0.25) is 0 Å². The summed E-state index contributed by atoms with van der Waals surface area (Å²) in [7, 11) is 0. The number of hydrogen-bond acceptors (Lipinski definition) is 5. The monoisotopic (exact) mass is 208 g/mol. The lowest BCUT2D eigenvalue weighted by atomic mass is 10.3. The summed E-state index contributed by atoms with van der Waals surface area (Å²) < 4.78 is 9.70. The van der Waals surface area contributed by atoms with Crippen molar-refractivity contribution in [1.82, 2.24) is 0 Å². The summed E-state index contributed by atoms with van der Waals surface area (Å²) in [5, 5.41) is 8.37. The van der Waals surface area contributed by atoms with Gasteiger partial charge in [0.25, 0.3) is 0 Å². The Hall–Kier alpha value is -0.260. The van der Waals surface area contributed by atoms with E-state index in [-0.39, 0.29) is 31.0 Å². The maximum Gasteiger partial charge on any atom is 0.306 e. The van der Waals surface area contributed by atoms with Crippen molar-refractivity contribution >= 4 is 18.6 Å². The SMILES string of the molecule is CC(S)CC(=O)OCCOCCO. The van der Waals surface area contributed by atoms with Crippen LogP contribution in [0.4, 0.5) is 0 Å². The second kappa shape index (κ2) is 8.34. The summed E-state index contributed by atoms with van der Waals surface area (Å²) in [4.78, 5) is 10.9. The largest absolute Gasteiger partial charge is 0.463 e. The molecule has 5 heteroatoms. The molecular formula is C8H16O4S. The zero-order valence-corrected chi connectivity index (χ0v) is 8.63. The van der Waals surface area contributed by atoms with Crippen LogP contribution in [-0.4, -0.2) is 42.8 Å². The number of rotatable bonds is 7. The van der Waals surface area contributed by atoms with Crippen LogP contribution in [0.3, 0.4) is 0 Å². The number of carbonyl (C=O) groups is 1. The summed E-state index contributed by atoms with van der Waals surface area (Å²) in [6, 6.07) is 0. The number of ether oxygens (including phenoxy) is 2. The van der Waals surface area contributed by atoms with Crippen molar-refractivity contribution < 1.29 is 19.4 Å². The Morgan fingerprint density at radius 2 is 2.15 bits per heavy atom. The molecular weight excluding hydrogens is 192 g/mol. The fourth-order valence-corrected chi connectivity index (χ4v) is 0.830. The minimum absolute atomic E-state index is 0.0123. The first-order valence-corrected chi connectivity index (χ1v) is 4.70. The van der Waals surface area contributed by atoms with Gasteiger partial charge in [0.1, 0.15) is 6.61 Å². The van der Waals surface area contributed by atoms with E-state index in [1.165, 1.54) is 0 Å². The molecule has 1 unspecified atom stereocenters. The van der Waals surface area contributed by atoms with Crippen LogP contribution in [0, 0.1) is 0 Å². The molecule has 0 heterocycles. The average Bonchev–Trinajstić information content (AvgIpc) is 2.02. The summed E-state index contributed by atoms with van der Waals surface area (Å²) in [6.07, 6.45) is 0.309. The van der Waals surface area contributed by atoms with Gasteiger partial charge >= 0.3 is 5.97 Å². The van der Waals surface area contributed by atoms with Gasteiger partial charge in [0, 0.05) is 5.25 Å². The van der Waals surface area contributed by atoms with Crippen molar-refractivity contribution in [3.8, 4) is 0 Å². The molecule has 0 saturated carbocycles. The summed E-state index contributed by atoms with van der Waals surface area (Å²) in [5.41, 5.74) is 0. The molecule has 0 saturated heterocycles. The highest BCUT2D eigenvalue weighted by atomic mass is 32.1. The van der Waals surface area contributed by atoms with E-state index in [0.29, 0.717) is 13.0 Å². The highest BCUT2D eigenvalue weighted by Crippen LogP contribution is 2.00. The Labute approximate surface area is 83.6 Å². The third-order valence-corrected chi connectivity index (χ3v) is 1.37. The van der Waals surface area contributed by atoms with Crippen molar-refractivity contribution in [2.45, 2.75) is 18.6 Å². The van der Waals surface area contributed by atoms with Crippen LogP contribution < -0.4 is 0 Å². The maximum absolute atomic E-state index is 10.9. The summed E-state index contributed by atoms with van der Waals surface area (Å²) in [5.74, 6) is -0.268. The van der Waals surface area contributed by atoms with E-state index in [9.17, 15) is 4.79 Å². The molecule has 0 spiro atoms. The van der Waals surface area contributed by atoms with Crippen LogP contribution in [0.1, 0.15) is 13.3 Å². The molecule has 0 radical (unpaired) electrons. The van der Waals surface area contributed by atoms with Gasteiger partial charge < -0.3 is 14.6 Å².